The van der Waals surface area contributed by atoms with Crippen LogP contribution in [0.4, 0.5) is 0 Å². The zero-order chi connectivity index (χ0) is 14.0. The first kappa shape index (κ1) is 14.4. The van der Waals surface area contributed by atoms with E-state index in [9.17, 15) is 4.79 Å². The van der Waals surface area contributed by atoms with Crippen molar-refractivity contribution in [1.82, 2.24) is 4.90 Å². The molecule has 104 valence electrons. The lowest BCUT2D eigenvalue weighted by molar-refractivity contribution is 0.0693. The lowest BCUT2D eigenvalue weighted by Crippen LogP contribution is -2.38. The Morgan fingerprint density at radius 3 is 2.58 bits per heavy atom. The predicted octanol–water partition coefficient (Wildman–Crippen LogP) is 3.64. The molecule has 2 rings (SSSR count). The molecular weight excluding hydrogens is 306 g/mol. The number of methoxy groups -OCH3 is 1. The highest BCUT2D eigenvalue weighted by Gasteiger charge is 2.24. The summed E-state index contributed by atoms with van der Waals surface area (Å²) >= 11 is 3.45. The molecule has 3 nitrogen and oxygen atoms in total. The molecule has 0 aromatic heterocycles. The summed E-state index contributed by atoms with van der Waals surface area (Å²) < 4.78 is 6.31. The van der Waals surface area contributed by atoms with Crippen LogP contribution in [0, 0.1) is 12.8 Å². The minimum absolute atomic E-state index is 0.0770. The quantitative estimate of drug-likeness (QED) is 0.830. The molecule has 1 heterocycles. The Labute approximate surface area is 123 Å². The molecule has 1 aromatic rings. The summed E-state index contributed by atoms with van der Waals surface area (Å²) in [4.78, 5) is 14.5. The first-order chi connectivity index (χ1) is 9.02. The van der Waals surface area contributed by atoms with Gasteiger partial charge >= 0.3 is 0 Å². The number of amides is 1. The van der Waals surface area contributed by atoms with Crippen molar-refractivity contribution in [1.29, 1.82) is 0 Å². The Bertz CT molecular complexity index is 479. The van der Waals surface area contributed by atoms with Crippen LogP contribution in [-0.4, -0.2) is 31.0 Å². The van der Waals surface area contributed by atoms with Crippen LogP contribution in [-0.2, 0) is 0 Å². The lowest BCUT2D eigenvalue weighted by Gasteiger charge is -2.31. The summed E-state index contributed by atoms with van der Waals surface area (Å²) in [7, 11) is 1.62. The molecule has 1 aliphatic heterocycles. The van der Waals surface area contributed by atoms with Crippen LogP contribution in [0.25, 0.3) is 0 Å². The Balaban J connectivity index is 2.28. The SMILES string of the molecule is COc1c(C)cc(Br)cc1C(=O)N1CCC(C)CC1. The number of ether oxygens (including phenoxy) is 1. The number of carbonyl (C=O) groups excluding carboxylic acids is 1. The number of nitrogens with zero attached hydrogens (tertiary/aromatic N) is 1. The topological polar surface area (TPSA) is 29.5 Å². The van der Waals surface area contributed by atoms with Crippen molar-refractivity contribution in [3.63, 3.8) is 0 Å². The maximum absolute atomic E-state index is 12.6. The van der Waals surface area contributed by atoms with E-state index in [2.05, 4.69) is 22.9 Å². The number of piperidine rings is 1. The summed E-state index contributed by atoms with van der Waals surface area (Å²) in [6, 6.07) is 3.82. The molecule has 1 fully saturated rings. The van der Waals surface area contributed by atoms with Gasteiger partial charge < -0.3 is 9.64 Å². The second-order valence-corrected chi connectivity index (χ2v) is 6.19. The van der Waals surface area contributed by atoms with E-state index in [0.29, 0.717) is 11.3 Å². The third kappa shape index (κ3) is 3.11. The highest BCUT2D eigenvalue weighted by molar-refractivity contribution is 9.10. The summed E-state index contributed by atoms with van der Waals surface area (Å²) in [6.45, 7) is 5.88. The summed E-state index contributed by atoms with van der Waals surface area (Å²) in [5.74, 6) is 1.48. The number of likely N-dealkylation sites (tertiary alicyclic amines) is 1. The first-order valence-electron chi connectivity index (χ1n) is 6.66. The van der Waals surface area contributed by atoms with Gasteiger partial charge in [0.15, 0.2) is 0 Å². The molecule has 0 N–H and O–H groups in total. The van der Waals surface area contributed by atoms with E-state index >= 15 is 0 Å². The number of halogens is 1. The normalized spacial score (nSPS) is 16.5. The third-order valence-corrected chi connectivity index (χ3v) is 4.20. The second-order valence-electron chi connectivity index (χ2n) is 5.28. The Morgan fingerprint density at radius 2 is 2.00 bits per heavy atom. The largest absolute Gasteiger partial charge is 0.496 e. The van der Waals surface area contributed by atoms with Gasteiger partial charge in [0.25, 0.3) is 5.91 Å². The first-order valence-corrected chi connectivity index (χ1v) is 7.45. The average molecular weight is 326 g/mol. The molecule has 0 aliphatic carbocycles. The molecule has 0 atom stereocenters. The minimum atomic E-state index is 0.0770. The van der Waals surface area contributed by atoms with Gasteiger partial charge in [0.1, 0.15) is 5.75 Å². The van der Waals surface area contributed by atoms with Crippen molar-refractivity contribution in [3.8, 4) is 5.75 Å². The number of hydrogen-bond acceptors (Lipinski definition) is 2. The molecule has 0 saturated carbocycles. The molecule has 1 amide bonds. The van der Waals surface area contributed by atoms with E-state index in [0.717, 1.165) is 41.9 Å². The molecule has 1 saturated heterocycles. The fourth-order valence-corrected chi connectivity index (χ4v) is 3.11. The van der Waals surface area contributed by atoms with Crippen LogP contribution in [0.1, 0.15) is 35.7 Å². The lowest BCUT2D eigenvalue weighted by atomic mass is 9.98. The number of hydrogen-bond donors (Lipinski definition) is 0. The fourth-order valence-electron chi connectivity index (χ4n) is 2.54. The van der Waals surface area contributed by atoms with Gasteiger partial charge in [-0.3, -0.25) is 4.79 Å². The van der Waals surface area contributed by atoms with Gasteiger partial charge in [-0.25, -0.2) is 0 Å². The molecule has 0 radical (unpaired) electrons. The van der Waals surface area contributed by atoms with E-state index in [1.807, 2.05) is 24.0 Å². The van der Waals surface area contributed by atoms with E-state index in [-0.39, 0.29) is 5.91 Å². The molecule has 4 heteroatoms. The van der Waals surface area contributed by atoms with E-state index in [1.54, 1.807) is 7.11 Å². The monoisotopic (exact) mass is 325 g/mol. The van der Waals surface area contributed by atoms with E-state index in [4.69, 9.17) is 4.74 Å². The maximum atomic E-state index is 12.6. The van der Waals surface area contributed by atoms with Crippen LogP contribution in [0.15, 0.2) is 16.6 Å². The Kier molecular flexibility index (Phi) is 4.50. The second kappa shape index (κ2) is 5.95. The van der Waals surface area contributed by atoms with Gasteiger partial charge in [-0.1, -0.05) is 22.9 Å². The van der Waals surface area contributed by atoms with Gasteiger partial charge in [0.2, 0.25) is 0 Å². The van der Waals surface area contributed by atoms with Gasteiger partial charge in [-0.2, -0.15) is 0 Å². The number of carbonyl (C=O) groups is 1. The average Bonchev–Trinajstić information content (AvgIpc) is 2.38. The van der Waals surface area contributed by atoms with Gasteiger partial charge in [0.05, 0.1) is 12.7 Å². The van der Waals surface area contributed by atoms with Crippen molar-refractivity contribution in [2.75, 3.05) is 20.2 Å². The molecule has 0 bridgehead atoms. The van der Waals surface area contributed by atoms with Crippen LogP contribution >= 0.6 is 15.9 Å². The molecule has 19 heavy (non-hydrogen) atoms. The van der Waals surface area contributed by atoms with E-state index < -0.39 is 0 Å². The molecule has 0 spiro atoms. The van der Waals surface area contributed by atoms with Crippen molar-refractivity contribution in [2.45, 2.75) is 26.7 Å². The highest BCUT2D eigenvalue weighted by atomic mass is 79.9. The van der Waals surface area contributed by atoms with E-state index in [1.165, 1.54) is 0 Å². The van der Waals surface area contributed by atoms with Crippen molar-refractivity contribution in [3.05, 3.63) is 27.7 Å². The zero-order valence-electron chi connectivity index (χ0n) is 11.7. The van der Waals surface area contributed by atoms with Crippen molar-refractivity contribution < 1.29 is 9.53 Å². The number of rotatable bonds is 2. The van der Waals surface area contributed by atoms with Crippen LogP contribution in [0.5, 0.6) is 5.75 Å². The summed E-state index contributed by atoms with van der Waals surface area (Å²) in [6.07, 6.45) is 2.17. The number of benzene rings is 1. The highest BCUT2D eigenvalue weighted by Crippen LogP contribution is 2.30. The van der Waals surface area contributed by atoms with Crippen LogP contribution in [0.2, 0.25) is 0 Å². The molecule has 1 aromatic carbocycles. The summed E-state index contributed by atoms with van der Waals surface area (Å²) in [5, 5.41) is 0. The maximum Gasteiger partial charge on any atom is 0.257 e. The van der Waals surface area contributed by atoms with Crippen molar-refractivity contribution >= 4 is 21.8 Å². The van der Waals surface area contributed by atoms with Gasteiger partial charge in [0, 0.05) is 17.6 Å². The molecule has 0 unspecified atom stereocenters. The zero-order valence-corrected chi connectivity index (χ0v) is 13.3. The van der Waals surface area contributed by atoms with Gasteiger partial charge in [-0.05, 0) is 43.4 Å². The minimum Gasteiger partial charge on any atom is -0.496 e. The van der Waals surface area contributed by atoms with Crippen LogP contribution < -0.4 is 4.74 Å². The standard InChI is InChI=1S/C15H20BrNO2/c1-10-4-6-17(7-5-10)15(18)13-9-12(16)8-11(2)14(13)19-3/h8-10H,4-7H2,1-3H3. The van der Waals surface area contributed by atoms with Crippen molar-refractivity contribution in [2.24, 2.45) is 5.92 Å². The molecule has 1 aliphatic rings. The smallest absolute Gasteiger partial charge is 0.257 e. The predicted molar refractivity (Wildman–Crippen MR) is 79.7 cm³/mol. The summed E-state index contributed by atoms with van der Waals surface area (Å²) in [5.41, 5.74) is 1.63. The Hall–Kier alpha value is -1.03. The fraction of sp³-hybridized carbons (Fsp3) is 0.533. The number of aryl methyl sites for hydroxylation is 1. The van der Waals surface area contributed by atoms with Crippen LogP contribution in [0.3, 0.4) is 0 Å². The Morgan fingerprint density at radius 1 is 1.37 bits per heavy atom. The molecular formula is C15H20BrNO2. The van der Waals surface area contributed by atoms with Gasteiger partial charge in [-0.15, -0.1) is 0 Å². The third-order valence-electron chi connectivity index (χ3n) is 3.74.